The van der Waals surface area contributed by atoms with E-state index in [9.17, 15) is 4.79 Å². The average molecular weight is 348 g/mol. The van der Waals surface area contributed by atoms with Crippen LogP contribution < -0.4 is 10.2 Å². The lowest BCUT2D eigenvalue weighted by atomic mass is 10.1. The maximum atomic E-state index is 12.2. The Morgan fingerprint density at radius 1 is 1.15 bits per heavy atom. The summed E-state index contributed by atoms with van der Waals surface area (Å²) in [6.45, 7) is 3.92. The van der Waals surface area contributed by atoms with Crippen molar-refractivity contribution in [1.29, 1.82) is 0 Å². The van der Waals surface area contributed by atoms with Crippen LogP contribution in [0.15, 0.2) is 53.8 Å². The molecule has 132 valence electrons. The van der Waals surface area contributed by atoms with Crippen LogP contribution in [0.25, 0.3) is 11.3 Å². The third kappa shape index (κ3) is 3.97. The monoisotopic (exact) mass is 348 g/mol. The first-order chi connectivity index (χ1) is 12.6. The van der Waals surface area contributed by atoms with E-state index in [2.05, 4.69) is 20.7 Å². The van der Waals surface area contributed by atoms with Crippen molar-refractivity contribution >= 4 is 12.1 Å². The predicted octanol–water partition coefficient (Wildman–Crippen LogP) is 3.47. The number of hydrogen-bond acceptors (Lipinski definition) is 4. The number of ether oxygens (including phenoxy) is 1. The van der Waals surface area contributed by atoms with E-state index in [-0.39, 0.29) is 5.91 Å². The van der Waals surface area contributed by atoms with Crippen LogP contribution in [0.5, 0.6) is 5.75 Å². The lowest BCUT2D eigenvalue weighted by molar-refractivity contribution is 0.0955. The molecule has 0 unspecified atom stereocenters. The first-order valence-electron chi connectivity index (χ1n) is 8.16. The van der Waals surface area contributed by atoms with E-state index in [0.717, 1.165) is 33.7 Å². The fourth-order valence-corrected chi connectivity index (χ4v) is 2.71. The zero-order valence-electron chi connectivity index (χ0n) is 14.9. The summed E-state index contributed by atoms with van der Waals surface area (Å²) in [5.74, 6) is 0.534. The molecule has 0 radical (unpaired) electrons. The summed E-state index contributed by atoms with van der Waals surface area (Å²) in [5, 5.41) is 11.1. The number of nitrogens with zero attached hydrogens (tertiary/aromatic N) is 2. The molecule has 0 saturated heterocycles. The fourth-order valence-electron chi connectivity index (χ4n) is 2.71. The lowest BCUT2D eigenvalue weighted by Crippen LogP contribution is -2.17. The molecule has 1 amide bonds. The van der Waals surface area contributed by atoms with Crippen LogP contribution in [0.1, 0.15) is 27.0 Å². The molecule has 0 bridgehead atoms. The van der Waals surface area contributed by atoms with Crippen LogP contribution in [0.2, 0.25) is 0 Å². The molecule has 1 heterocycles. The highest BCUT2D eigenvalue weighted by Crippen LogP contribution is 2.22. The van der Waals surface area contributed by atoms with E-state index in [1.54, 1.807) is 19.5 Å². The van der Waals surface area contributed by atoms with E-state index in [0.29, 0.717) is 5.56 Å². The molecule has 0 aliphatic heterocycles. The molecule has 0 fully saturated rings. The average Bonchev–Trinajstić information content (AvgIpc) is 3.09. The number of H-pyrrole nitrogens is 1. The van der Waals surface area contributed by atoms with E-state index >= 15 is 0 Å². The minimum atomic E-state index is -0.248. The van der Waals surface area contributed by atoms with Gasteiger partial charge in [0, 0.05) is 16.7 Å². The lowest BCUT2D eigenvalue weighted by Gasteiger charge is -2.04. The molecule has 2 N–H and O–H groups in total. The normalized spacial score (nSPS) is 10.9. The maximum Gasteiger partial charge on any atom is 0.271 e. The molecule has 0 atom stereocenters. The van der Waals surface area contributed by atoms with Crippen LogP contribution in [0.4, 0.5) is 0 Å². The molecule has 1 aromatic heterocycles. The van der Waals surface area contributed by atoms with Crippen molar-refractivity contribution in [2.45, 2.75) is 13.8 Å². The minimum Gasteiger partial charge on any atom is -0.497 e. The number of amides is 1. The molecule has 0 spiro atoms. The van der Waals surface area contributed by atoms with E-state index in [1.165, 1.54) is 0 Å². The van der Waals surface area contributed by atoms with Gasteiger partial charge in [-0.05, 0) is 50.2 Å². The molecule has 0 saturated carbocycles. The number of aromatic nitrogens is 2. The van der Waals surface area contributed by atoms with Crippen molar-refractivity contribution in [3.63, 3.8) is 0 Å². The third-order valence-corrected chi connectivity index (χ3v) is 3.90. The van der Waals surface area contributed by atoms with Gasteiger partial charge in [0.15, 0.2) is 0 Å². The van der Waals surface area contributed by atoms with Crippen molar-refractivity contribution < 1.29 is 9.53 Å². The number of carbonyl (C=O) groups is 1. The van der Waals surface area contributed by atoms with Gasteiger partial charge in [-0.15, -0.1) is 0 Å². The smallest absolute Gasteiger partial charge is 0.271 e. The van der Waals surface area contributed by atoms with Gasteiger partial charge in [0.2, 0.25) is 0 Å². The van der Waals surface area contributed by atoms with E-state index in [4.69, 9.17) is 4.74 Å². The van der Waals surface area contributed by atoms with Gasteiger partial charge in [-0.2, -0.15) is 10.2 Å². The SMILES string of the molecule is COc1ccc(-c2[nH]ncc2C=NNC(=O)c2cc(C)cc(C)c2)cc1. The number of carbonyl (C=O) groups excluding carboxylic acids is 1. The molecule has 2 aromatic carbocycles. The highest BCUT2D eigenvalue weighted by atomic mass is 16.5. The first-order valence-corrected chi connectivity index (χ1v) is 8.16. The van der Waals surface area contributed by atoms with Gasteiger partial charge in [-0.1, -0.05) is 17.2 Å². The Bertz CT molecular complexity index is 922. The number of hydrazone groups is 1. The number of hydrogen-bond donors (Lipinski definition) is 2. The van der Waals surface area contributed by atoms with Crippen LogP contribution >= 0.6 is 0 Å². The summed E-state index contributed by atoms with van der Waals surface area (Å²) in [5.41, 5.74) is 7.76. The topological polar surface area (TPSA) is 79.4 Å². The van der Waals surface area contributed by atoms with Crippen molar-refractivity contribution in [3.8, 4) is 17.0 Å². The first kappa shape index (κ1) is 17.4. The standard InChI is InChI=1S/C20H20N4O2/c1-13-8-14(2)10-16(9-13)20(25)24-22-12-17-11-21-23-19(17)15-4-6-18(26-3)7-5-15/h4-12H,1-3H3,(H,21,23)(H,24,25). The van der Waals surface area contributed by atoms with Crippen molar-refractivity contribution in [2.24, 2.45) is 5.10 Å². The summed E-state index contributed by atoms with van der Waals surface area (Å²) in [6, 6.07) is 13.3. The summed E-state index contributed by atoms with van der Waals surface area (Å²) < 4.78 is 5.17. The quantitative estimate of drug-likeness (QED) is 0.547. The molecule has 6 nitrogen and oxygen atoms in total. The molecule has 26 heavy (non-hydrogen) atoms. The van der Waals surface area contributed by atoms with Crippen molar-refractivity contribution in [1.82, 2.24) is 15.6 Å². The summed E-state index contributed by atoms with van der Waals surface area (Å²) in [7, 11) is 1.63. The summed E-state index contributed by atoms with van der Waals surface area (Å²) in [4.78, 5) is 12.2. The Morgan fingerprint density at radius 3 is 2.50 bits per heavy atom. The molecule has 6 heteroatoms. The highest BCUT2D eigenvalue weighted by molar-refractivity contribution is 5.96. The Morgan fingerprint density at radius 2 is 1.85 bits per heavy atom. The van der Waals surface area contributed by atoms with E-state index in [1.807, 2.05) is 56.3 Å². The van der Waals surface area contributed by atoms with Gasteiger partial charge in [-0.25, -0.2) is 5.43 Å². The zero-order chi connectivity index (χ0) is 18.5. The Balaban J connectivity index is 1.73. The van der Waals surface area contributed by atoms with Crippen molar-refractivity contribution in [2.75, 3.05) is 7.11 Å². The molecular formula is C20H20N4O2. The molecule has 0 aliphatic rings. The Kier molecular flexibility index (Phi) is 5.12. The highest BCUT2D eigenvalue weighted by Gasteiger charge is 2.08. The minimum absolute atomic E-state index is 0.248. The van der Waals surface area contributed by atoms with Crippen LogP contribution in [0, 0.1) is 13.8 Å². The van der Waals surface area contributed by atoms with Crippen molar-refractivity contribution in [3.05, 3.63) is 70.9 Å². The molecular weight excluding hydrogens is 328 g/mol. The summed E-state index contributed by atoms with van der Waals surface area (Å²) in [6.07, 6.45) is 3.23. The van der Waals surface area contributed by atoms with Gasteiger partial charge in [-0.3, -0.25) is 9.89 Å². The zero-order valence-corrected chi connectivity index (χ0v) is 14.9. The third-order valence-electron chi connectivity index (χ3n) is 3.90. The van der Waals surface area contributed by atoms with Gasteiger partial charge in [0.25, 0.3) is 5.91 Å². The van der Waals surface area contributed by atoms with Gasteiger partial charge < -0.3 is 4.74 Å². The fraction of sp³-hybridized carbons (Fsp3) is 0.150. The van der Waals surface area contributed by atoms with Gasteiger partial charge >= 0.3 is 0 Å². The van der Waals surface area contributed by atoms with Gasteiger partial charge in [0.05, 0.1) is 25.2 Å². The van der Waals surface area contributed by atoms with E-state index < -0.39 is 0 Å². The molecule has 3 aromatic rings. The Hall–Kier alpha value is -3.41. The second kappa shape index (κ2) is 7.65. The molecule has 0 aliphatic carbocycles. The summed E-state index contributed by atoms with van der Waals surface area (Å²) >= 11 is 0. The maximum absolute atomic E-state index is 12.2. The Labute approximate surface area is 151 Å². The largest absolute Gasteiger partial charge is 0.497 e. The second-order valence-electron chi connectivity index (χ2n) is 6.00. The number of aromatic amines is 1. The van der Waals surface area contributed by atoms with Crippen LogP contribution in [0.3, 0.4) is 0 Å². The molecule has 3 rings (SSSR count). The number of benzene rings is 2. The number of rotatable bonds is 5. The van der Waals surface area contributed by atoms with Crippen LogP contribution in [-0.4, -0.2) is 29.4 Å². The number of nitrogens with one attached hydrogen (secondary N) is 2. The second-order valence-corrected chi connectivity index (χ2v) is 6.00. The van der Waals surface area contributed by atoms with Gasteiger partial charge in [0.1, 0.15) is 5.75 Å². The number of aryl methyl sites for hydroxylation is 2. The predicted molar refractivity (Wildman–Crippen MR) is 102 cm³/mol. The van der Waals surface area contributed by atoms with Crippen LogP contribution in [-0.2, 0) is 0 Å². The number of methoxy groups -OCH3 is 1.